The lowest BCUT2D eigenvalue weighted by Crippen LogP contribution is -2.13. The fourth-order valence-corrected chi connectivity index (χ4v) is 3.33. The van der Waals surface area contributed by atoms with Crippen molar-refractivity contribution in [3.05, 3.63) is 72.8 Å². The summed E-state index contributed by atoms with van der Waals surface area (Å²) in [6.45, 7) is 0. The predicted molar refractivity (Wildman–Crippen MR) is 99.5 cm³/mol. The first kappa shape index (κ1) is 17.0. The number of hydrogen-bond acceptors (Lipinski definition) is 4. The fraction of sp³-hybridized carbons (Fsp3) is 0.0526. The third-order valence-electron chi connectivity index (χ3n) is 3.76. The van der Waals surface area contributed by atoms with E-state index in [4.69, 9.17) is 9.88 Å². The summed E-state index contributed by atoms with van der Waals surface area (Å²) in [5.74, 6) is 0.553. The molecule has 0 fully saturated rings. The standard InChI is InChI=1S/C19H18N2O3S/c1-24-15-11-12-19(25(20,22)23)17(13-15)16-9-5-6-10-18(16)21-14-7-3-2-4-8-14/h2-13,21H,1H3,(H2,20,22,23). The molecule has 5 nitrogen and oxygen atoms in total. The normalized spacial score (nSPS) is 11.1. The Morgan fingerprint density at radius 1 is 0.880 bits per heavy atom. The number of benzene rings is 3. The first-order chi connectivity index (χ1) is 12.0. The number of rotatable bonds is 5. The van der Waals surface area contributed by atoms with E-state index in [-0.39, 0.29) is 4.90 Å². The molecule has 0 bridgehead atoms. The summed E-state index contributed by atoms with van der Waals surface area (Å²) in [6.07, 6.45) is 0. The van der Waals surface area contributed by atoms with Crippen LogP contribution in [0.2, 0.25) is 0 Å². The van der Waals surface area contributed by atoms with Crippen LogP contribution in [0.1, 0.15) is 0 Å². The summed E-state index contributed by atoms with van der Waals surface area (Å²) in [5, 5.41) is 8.71. The van der Waals surface area contributed by atoms with E-state index < -0.39 is 10.0 Å². The van der Waals surface area contributed by atoms with Crippen LogP contribution in [-0.4, -0.2) is 15.5 Å². The number of sulfonamides is 1. The lowest BCUT2D eigenvalue weighted by atomic mass is 10.0. The number of ether oxygens (including phenoxy) is 1. The summed E-state index contributed by atoms with van der Waals surface area (Å²) in [4.78, 5) is 0.0515. The molecule has 0 aliphatic rings. The summed E-state index contributed by atoms with van der Waals surface area (Å²) in [7, 11) is -2.35. The van der Waals surface area contributed by atoms with E-state index in [1.807, 2.05) is 54.6 Å². The predicted octanol–water partition coefficient (Wildman–Crippen LogP) is 3.75. The van der Waals surface area contributed by atoms with Gasteiger partial charge in [-0.25, -0.2) is 13.6 Å². The molecule has 0 amide bonds. The maximum Gasteiger partial charge on any atom is 0.238 e. The Labute approximate surface area is 147 Å². The van der Waals surface area contributed by atoms with Gasteiger partial charge in [0.2, 0.25) is 10.0 Å². The van der Waals surface area contributed by atoms with E-state index in [9.17, 15) is 8.42 Å². The second-order valence-electron chi connectivity index (χ2n) is 5.44. The van der Waals surface area contributed by atoms with Gasteiger partial charge in [-0.1, -0.05) is 36.4 Å². The van der Waals surface area contributed by atoms with Crippen LogP contribution in [0.5, 0.6) is 5.75 Å². The summed E-state index contributed by atoms with van der Waals surface area (Å²) < 4.78 is 29.3. The Bertz CT molecular complexity index is 987. The number of hydrogen-bond donors (Lipinski definition) is 2. The summed E-state index contributed by atoms with van der Waals surface area (Å²) >= 11 is 0. The van der Waals surface area contributed by atoms with Crippen molar-refractivity contribution in [2.24, 2.45) is 5.14 Å². The third-order valence-corrected chi connectivity index (χ3v) is 4.73. The number of methoxy groups -OCH3 is 1. The molecule has 0 saturated heterocycles. The Kier molecular flexibility index (Phi) is 4.74. The summed E-state index contributed by atoms with van der Waals surface area (Å²) in [5.41, 5.74) is 2.87. The van der Waals surface area contributed by atoms with Crippen LogP contribution in [0.15, 0.2) is 77.7 Å². The first-order valence-corrected chi connectivity index (χ1v) is 9.16. The molecule has 25 heavy (non-hydrogen) atoms. The van der Waals surface area contributed by atoms with E-state index in [1.54, 1.807) is 12.1 Å². The molecule has 0 saturated carbocycles. The van der Waals surface area contributed by atoms with Crippen molar-refractivity contribution in [3.63, 3.8) is 0 Å². The Morgan fingerprint density at radius 3 is 2.24 bits per heavy atom. The number of para-hydroxylation sites is 2. The van der Waals surface area contributed by atoms with Crippen LogP contribution in [0.3, 0.4) is 0 Å². The van der Waals surface area contributed by atoms with Crippen molar-refractivity contribution < 1.29 is 13.2 Å². The highest BCUT2D eigenvalue weighted by Gasteiger charge is 2.18. The highest BCUT2D eigenvalue weighted by molar-refractivity contribution is 7.89. The van der Waals surface area contributed by atoms with Gasteiger partial charge >= 0.3 is 0 Å². The molecular formula is C19H18N2O3S. The number of nitrogens with two attached hydrogens (primary N) is 1. The smallest absolute Gasteiger partial charge is 0.238 e. The molecule has 6 heteroatoms. The highest BCUT2D eigenvalue weighted by atomic mass is 32.2. The molecule has 0 radical (unpaired) electrons. The minimum absolute atomic E-state index is 0.0515. The second-order valence-corrected chi connectivity index (χ2v) is 6.97. The molecule has 0 spiro atoms. The number of primary sulfonamides is 1. The van der Waals surface area contributed by atoms with Gasteiger partial charge in [-0.2, -0.15) is 0 Å². The molecule has 3 aromatic rings. The molecule has 0 heterocycles. The van der Waals surface area contributed by atoms with Gasteiger partial charge in [0.15, 0.2) is 0 Å². The molecular weight excluding hydrogens is 336 g/mol. The van der Waals surface area contributed by atoms with E-state index in [0.717, 1.165) is 11.4 Å². The molecule has 3 rings (SSSR count). The van der Waals surface area contributed by atoms with E-state index in [1.165, 1.54) is 13.2 Å². The van der Waals surface area contributed by atoms with Crippen LogP contribution in [-0.2, 0) is 10.0 Å². The van der Waals surface area contributed by atoms with Crippen molar-refractivity contribution in [1.82, 2.24) is 0 Å². The molecule has 0 unspecified atom stereocenters. The Balaban J connectivity index is 2.17. The largest absolute Gasteiger partial charge is 0.497 e. The molecule has 0 aromatic heterocycles. The second kappa shape index (κ2) is 6.96. The zero-order valence-corrected chi connectivity index (χ0v) is 14.5. The average molecular weight is 354 g/mol. The van der Waals surface area contributed by atoms with E-state index in [2.05, 4.69) is 5.32 Å². The topological polar surface area (TPSA) is 81.4 Å². The minimum Gasteiger partial charge on any atom is -0.497 e. The van der Waals surface area contributed by atoms with E-state index in [0.29, 0.717) is 16.9 Å². The molecule has 128 valence electrons. The van der Waals surface area contributed by atoms with Crippen molar-refractivity contribution in [2.75, 3.05) is 12.4 Å². The van der Waals surface area contributed by atoms with Crippen molar-refractivity contribution in [1.29, 1.82) is 0 Å². The fourth-order valence-electron chi connectivity index (χ4n) is 2.60. The highest BCUT2D eigenvalue weighted by Crippen LogP contribution is 2.36. The van der Waals surface area contributed by atoms with Gasteiger partial charge < -0.3 is 10.1 Å². The first-order valence-electron chi connectivity index (χ1n) is 7.61. The molecule has 0 aliphatic heterocycles. The average Bonchev–Trinajstić information content (AvgIpc) is 2.62. The van der Waals surface area contributed by atoms with Crippen molar-refractivity contribution >= 4 is 21.4 Å². The van der Waals surface area contributed by atoms with Gasteiger partial charge in [-0.15, -0.1) is 0 Å². The molecule has 0 atom stereocenters. The quantitative estimate of drug-likeness (QED) is 0.731. The molecule has 0 aliphatic carbocycles. The van der Waals surface area contributed by atoms with Gasteiger partial charge in [-0.3, -0.25) is 0 Å². The maximum atomic E-state index is 12.0. The minimum atomic E-state index is -3.88. The zero-order valence-electron chi connectivity index (χ0n) is 13.6. The number of nitrogens with one attached hydrogen (secondary N) is 1. The van der Waals surface area contributed by atoms with Gasteiger partial charge in [-0.05, 0) is 36.4 Å². The van der Waals surface area contributed by atoms with Crippen LogP contribution in [0.25, 0.3) is 11.1 Å². The molecule has 3 aromatic carbocycles. The van der Waals surface area contributed by atoms with Gasteiger partial charge in [0.05, 0.1) is 12.0 Å². The number of anilines is 2. The lowest BCUT2D eigenvalue weighted by molar-refractivity contribution is 0.414. The Morgan fingerprint density at radius 2 is 1.56 bits per heavy atom. The SMILES string of the molecule is COc1ccc(S(N)(=O)=O)c(-c2ccccc2Nc2ccccc2)c1. The van der Waals surface area contributed by atoms with E-state index >= 15 is 0 Å². The molecule has 3 N–H and O–H groups in total. The lowest BCUT2D eigenvalue weighted by Gasteiger charge is -2.15. The monoisotopic (exact) mass is 354 g/mol. The van der Waals surface area contributed by atoms with Gasteiger partial charge in [0.25, 0.3) is 0 Å². The Hall–Kier alpha value is -2.83. The maximum absolute atomic E-state index is 12.0. The zero-order chi connectivity index (χ0) is 17.9. The van der Waals surface area contributed by atoms with Crippen LogP contribution >= 0.6 is 0 Å². The summed E-state index contributed by atoms with van der Waals surface area (Å²) in [6, 6.07) is 21.8. The van der Waals surface area contributed by atoms with Gasteiger partial charge in [0, 0.05) is 22.5 Å². The van der Waals surface area contributed by atoms with Crippen LogP contribution in [0.4, 0.5) is 11.4 Å². The van der Waals surface area contributed by atoms with Crippen molar-refractivity contribution in [2.45, 2.75) is 4.90 Å². The van der Waals surface area contributed by atoms with Crippen LogP contribution < -0.4 is 15.2 Å². The van der Waals surface area contributed by atoms with Crippen LogP contribution in [0, 0.1) is 0 Å². The van der Waals surface area contributed by atoms with Gasteiger partial charge in [0.1, 0.15) is 5.75 Å². The van der Waals surface area contributed by atoms with Crippen molar-refractivity contribution in [3.8, 4) is 16.9 Å². The third kappa shape index (κ3) is 3.81.